The lowest BCUT2D eigenvalue weighted by molar-refractivity contribution is 0.0951. The molecule has 0 saturated heterocycles. The highest BCUT2D eigenvalue weighted by atomic mass is 19.1. The van der Waals surface area contributed by atoms with E-state index in [4.69, 9.17) is 0 Å². The van der Waals surface area contributed by atoms with Crippen molar-refractivity contribution in [3.63, 3.8) is 0 Å². The van der Waals surface area contributed by atoms with Crippen molar-refractivity contribution >= 4 is 16.7 Å². The molecule has 3 rings (SSSR count). The molecular formula is C19H16FNO2. The summed E-state index contributed by atoms with van der Waals surface area (Å²) in [5.74, 6) is -0.716. The minimum absolute atomic E-state index is 0.0629. The van der Waals surface area contributed by atoms with Gasteiger partial charge in [0.05, 0.1) is 5.56 Å². The molecule has 2 N–H and O–H groups in total. The molecule has 116 valence electrons. The Labute approximate surface area is 133 Å². The van der Waals surface area contributed by atoms with E-state index >= 15 is 0 Å². The van der Waals surface area contributed by atoms with Gasteiger partial charge < -0.3 is 10.4 Å². The first kappa shape index (κ1) is 15.0. The van der Waals surface area contributed by atoms with Crippen molar-refractivity contribution in [1.29, 1.82) is 0 Å². The average molecular weight is 309 g/mol. The summed E-state index contributed by atoms with van der Waals surface area (Å²) >= 11 is 0. The van der Waals surface area contributed by atoms with Gasteiger partial charge in [0.25, 0.3) is 5.91 Å². The molecule has 23 heavy (non-hydrogen) atoms. The standard InChI is InChI=1S/C19H16FNO2/c20-17-8-4-3-5-13(17)9-10-21-19(23)16-11-14-6-1-2-7-15(14)12-18(16)22/h1-8,11-12,22H,9-10H2,(H,21,23). The van der Waals surface area contributed by atoms with Gasteiger partial charge >= 0.3 is 0 Å². The Balaban J connectivity index is 1.71. The number of fused-ring (bicyclic) bond motifs is 1. The van der Waals surface area contributed by atoms with Gasteiger partial charge in [-0.25, -0.2) is 4.39 Å². The molecular weight excluding hydrogens is 293 g/mol. The summed E-state index contributed by atoms with van der Waals surface area (Å²) in [4.78, 5) is 12.2. The van der Waals surface area contributed by atoms with Crippen LogP contribution in [0.15, 0.2) is 60.7 Å². The van der Waals surface area contributed by atoms with Crippen molar-refractivity contribution in [3.8, 4) is 5.75 Å². The molecule has 3 nitrogen and oxygen atoms in total. The zero-order valence-corrected chi connectivity index (χ0v) is 12.4. The SMILES string of the molecule is O=C(NCCc1ccccc1F)c1cc2ccccc2cc1O. The normalized spacial score (nSPS) is 10.7. The fourth-order valence-electron chi connectivity index (χ4n) is 2.52. The van der Waals surface area contributed by atoms with E-state index < -0.39 is 0 Å². The summed E-state index contributed by atoms with van der Waals surface area (Å²) in [5.41, 5.74) is 0.771. The molecule has 0 spiro atoms. The summed E-state index contributed by atoms with van der Waals surface area (Å²) in [6.07, 6.45) is 0.396. The number of nitrogens with one attached hydrogen (secondary N) is 1. The monoisotopic (exact) mass is 309 g/mol. The average Bonchev–Trinajstić information content (AvgIpc) is 2.56. The van der Waals surface area contributed by atoms with E-state index in [2.05, 4.69) is 5.32 Å². The largest absolute Gasteiger partial charge is 0.507 e. The van der Waals surface area contributed by atoms with Crippen LogP contribution in [0.2, 0.25) is 0 Å². The molecule has 1 amide bonds. The van der Waals surface area contributed by atoms with E-state index in [1.807, 2.05) is 24.3 Å². The van der Waals surface area contributed by atoms with E-state index in [1.54, 1.807) is 30.3 Å². The highest BCUT2D eigenvalue weighted by Crippen LogP contribution is 2.24. The maximum atomic E-state index is 13.5. The molecule has 0 aromatic heterocycles. The smallest absolute Gasteiger partial charge is 0.255 e. The molecule has 3 aromatic carbocycles. The van der Waals surface area contributed by atoms with E-state index in [9.17, 15) is 14.3 Å². The molecule has 0 fully saturated rings. The van der Waals surface area contributed by atoms with Gasteiger partial charge in [0.15, 0.2) is 0 Å². The number of rotatable bonds is 4. The van der Waals surface area contributed by atoms with Gasteiger partial charge in [-0.15, -0.1) is 0 Å². The van der Waals surface area contributed by atoms with Crippen LogP contribution in [0.5, 0.6) is 5.75 Å². The molecule has 0 atom stereocenters. The molecule has 0 aliphatic heterocycles. The second kappa shape index (κ2) is 6.48. The van der Waals surface area contributed by atoms with Crippen molar-refractivity contribution < 1.29 is 14.3 Å². The van der Waals surface area contributed by atoms with Crippen LogP contribution < -0.4 is 5.32 Å². The van der Waals surface area contributed by atoms with Gasteiger partial charge in [0.1, 0.15) is 11.6 Å². The van der Waals surface area contributed by atoms with Crippen LogP contribution in [0.3, 0.4) is 0 Å². The number of phenols is 1. The van der Waals surface area contributed by atoms with Crippen molar-refractivity contribution in [1.82, 2.24) is 5.32 Å². The van der Waals surface area contributed by atoms with E-state index in [0.29, 0.717) is 18.5 Å². The summed E-state index contributed by atoms with van der Waals surface area (Å²) in [6, 6.07) is 17.2. The van der Waals surface area contributed by atoms with Crippen LogP contribution in [-0.4, -0.2) is 17.6 Å². The summed E-state index contributed by atoms with van der Waals surface area (Å²) in [7, 11) is 0. The molecule has 0 aliphatic rings. The Hall–Kier alpha value is -2.88. The molecule has 0 bridgehead atoms. The lowest BCUT2D eigenvalue weighted by Gasteiger charge is -2.09. The van der Waals surface area contributed by atoms with Crippen molar-refractivity contribution in [2.24, 2.45) is 0 Å². The molecule has 4 heteroatoms. The van der Waals surface area contributed by atoms with Gasteiger partial charge in [-0.3, -0.25) is 4.79 Å². The minimum Gasteiger partial charge on any atom is -0.507 e. The maximum absolute atomic E-state index is 13.5. The first-order valence-corrected chi connectivity index (χ1v) is 7.38. The zero-order valence-electron chi connectivity index (χ0n) is 12.4. The third-order valence-electron chi connectivity index (χ3n) is 3.75. The predicted molar refractivity (Wildman–Crippen MR) is 88.1 cm³/mol. The van der Waals surface area contributed by atoms with Gasteiger partial charge in [-0.1, -0.05) is 42.5 Å². The van der Waals surface area contributed by atoms with Crippen molar-refractivity contribution in [2.75, 3.05) is 6.54 Å². The first-order chi connectivity index (χ1) is 11.1. The molecule has 0 unspecified atom stereocenters. The maximum Gasteiger partial charge on any atom is 0.255 e. The topological polar surface area (TPSA) is 49.3 Å². The van der Waals surface area contributed by atoms with E-state index in [-0.39, 0.29) is 23.0 Å². The van der Waals surface area contributed by atoms with Gasteiger partial charge in [0, 0.05) is 6.54 Å². The predicted octanol–water partition coefficient (Wildman–Crippen LogP) is 3.66. The van der Waals surface area contributed by atoms with Crippen LogP contribution in [0, 0.1) is 5.82 Å². The van der Waals surface area contributed by atoms with Gasteiger partial charge in [-0.05, 0) is 41.0 Å². The molecule has 0 aliphatic carbocycles. The highest BCUT2D eigenvalue weighted by molar-refractivity contribution is 6.01. The Kier molecular flexibility index (Phi) is 4.24. The van der Waals surface area contributed by atoms with Crippen LogP contribution in [0.25, 0.3) is 10.8 Å². The number of benzene rings is 3. The number of halogens is 1. The van der Waals surface area contributed by atoms with Crippen molar-refractivity contribution in [2.45, 2.75) is 6.42 Å². The Morgan fingerprint density at radius 3 is 2.39 bits per heavy atom. The van der Waals surface area contributed by atoms with Crippen molar-refractivity contribution in [3.05, 3.63) is 77.6 Å². The number of carbonyl (C=O) groups is 1. The number of hydrogen-bond acceptors (Lipinski definition) is 2. The molecule has 0 radical (unpaired) electrons. The zero-order chi connectivity index (χ0) is 16.2. The number of aromatic hydroxyl groups is 1. The fraction of sp³-hybridized carbons (Fsp3) is 0.105. The lowest BCUT2D eigenvalue weighted by Crippen LogP contribution is -2.26. The Bertz CT molecular complexity index is 861. The third kappa shape index (κ3) is 3.31. The van der Waals surface area contributed by atoms with Gasteiger partial charge in [-0.2, -0.15) is 0 Å². The lowest BCUT2D eigenvalue weighted by atomic mass is 10.1. The van der Waals surface area contributed by atoms with Crippen LogP contribution in [0.1, 0.15) is 15.9 Å². The van der Waals surface area contributed by atoms with Gasteiger partial charge in [0.2, 0.25) is 0 Å². The third-order valence-corrected chi connectivity index (χ3v) is 3.75. The van der Waals surface area contributed by atoms with E-state index in [0.717, 1.165) is 10.8 Å². The summed E-state index contributed by atoms with van der Waals surface area (Å²) in [5, 5.41) is 14.5. The number of phenolic OH excluding ortho intramolecular Hbond substituents is 1. The van der Waals surface area contributed by atoms with E-state index in [1.165, 1.54) is 6.07 Å². The fourth-order valence-corrected chi connectivity index (χ4v) is 2.52. The molecule has 0 saturated carbocycles. The second-order valence-corrected chi connectivity index (χ2v) is 5.31. The first-order valence-electron chi connectivity index (χ1n) is 7.38. The number of carbonyl (C=O) groups excluding carboxylic acids is 1. The number of amides is 1. The summed E-state index contributed by atoms with van der Waals surface area (Å²) < 4.78 is 13.5. The second-order valence-electron chi connectivity index (χ2n) is 5.31. The minimum atomic E-state index is -0.371. The van der Waals surface area contributed by atoms with Crippen LogP contribution in [-0.2, 0) is 6.42 Å². The number of hydrogen-bond donors (Lipinski definition) is 2. The molecule has 0 heterocycles. The summed E-state index contributed by atoms with van der Waals surface area (Å²) in [6.45, 7) is 0.298. The Morgan fingerprint density at radius 1 is 1.00 bits per heavy atom. The van der Waals surface area contributed by atoms with Crippen LogP contribution in [0.4, 0.5) is 4.39 Å². The molecule has 3 aromatic rings. The Morgan fingerprint density at radius 2 is 1.65 bits per heavy atom. The highest BCUT2D eigenvalue weighted by Gasteiger charge is 2.12. The quantitative estimate of drug-likeness (QED) is 0.773. The van der Waals surface area contributed by atoms with Crippen LogP contribution >= 0.6 is 0 Å².